The molecule has 0 radical (unpaired) electrons. The predicted octanol–water partition coefficient (Wildman–Crippen LogP) is 6.33. The maximum atomic E-state index is 14.3. The van der Waals surface area contributed by atoms with Gasteiger partial charge in [0, 0.05) is 52.6 Å². The third-order valence-electron chi connectivity index (χ3n) is 12.9. The van der Waals surface area contributed by atoms with Crippen molar-refractivity contribution in [3.05, 3.63) is 35.5 Å². The van der Waals surface area contributed by atoms with Gasteiger partial charge in [0.25, 0.3) is 11.7 Å². The second kappa shape index (κ2) is 25.0. The van der Waals surface area contributed by atoms with Gasteiger partial charge in [0.05, 0.1) is 30.5 Å². The lowest BCUT2D eigenvalue weighted by Gasteiger charge is -2.38. The zero-order chi connectivity index (χ0) is 44.6. The number of ketones is 2. The summed E-state index contributed by atoms with van der Waals surface area (Å²) in [5.74, 6) is -8.27. The van der Waals surface area contributed by atoms with Crippen LogP contribution in [0, 0.1) is 40.9 Å². The van der Waals surface area contributed by atoms with Crippen LogP contribution in [0.25, 0.3) is 0 Å². The van der Waals surface area contributed by atoms with Crippen molar-refractivity contribution in [2.75, 3.05) is 27.9 Å². The smallest absolute Gasteiger partial charge is 0.329 e. The summed E-state index contributed by atoms with van der Waals surface area (Å²) in [5.41, 5.74) is 1.24. The molecule has 11 atom stereocenters. The Kier molecular flexibility index (Phi) is 21.3. The van der Waals surface area contributed by atoms with Crippen molar-refractivity contribution in [3.8, 4) is 6.07 Å². The van der Waals surface area contributed by atoms with Crippen molar-refractivity contribution in [3.63, 3.8) is 0 Å². The second-order valence-electron chi connectivity index (χ2n) is 17.9. The fourth-order valence-corrected chi connectivity index (χ4v) is 9.24. The molecule has 0 spiro atoms. The average molecular weight is 843 g/mol. The molecule has 0 aromatic carbocycles. The maximum absolute atomic E-state index is 14.3. The number of fused-ring (bicyclic) bond motifs is 1. The van der Waals surface area contributed by atoms with Crippen LogP contribution in [0.5, 0.6) is 0 Å². The van der Waals surface area contributed by atoms with Gasteiger partial charge in [-0.15, -0.1) is 0 Å². The van der Waals surface area contributed by atoms with Crippen molar-refractivity contribution >= 4 is 23.4 Å². The van der Waals surface area contributed by atoms with Gasteiger partial charge in [-0.25, -0.2) is 4.79 Å². The van der Waals surface area contributed by atoms with Crippen molar-refractivity contribution in [1.29, 1.82) is 5.26 Å². The molecule has 3 aliphatic rings. The van der Waals surface area contributed by atoms with Crippen LogP contribution in [0.3, 0.4) is 0 Å². The summed E-state index contributed by atoms with van der Waals surface area (Å²) in [7, 11) is 4.80. The summed E-state index contributed by atoms with van der Waals surface area (Å²) >= 11 is 0. The van der Waals surface area contributed by atoms with E-state index in [0.717, 1.165) is 37.0 Å². The van der Waals surface area contributed by atoms with E-state index in [-0.39, 0.29) is 61.6 Å². The molecule has 13 heteroatoms. The lowest BCUT2D eigenvalue weighted by atomic mass is 9.83. The number of methoxy groups -OCH3 is 3. The Hall–Kier alpha value is -3.25. The van der Waals surface area contributed by atoms with Crippen molar-refractivity contribution in [2.45, 2.75) is 173 Å². The quantitative estimate of drug-likeness (QED) is 0.0770. The molecule has 338 valence electrons. The van der Waals surface area contributed by atoms with Crippen LogP contribution < -0.4 is 0 Å². The van der Waals surface area contributed by atoms with Gasteiger partial charge in [-0.1, -0.05) is 58.4 Å². The summed E-state index contributed by atoms with van der Waals surface area (Å²) in [6, 6.07) is 0.946. The minimum atomic E-state index is -3.04. The number of rotatable bonds is 9. The summed E-state index contributed by atoms with van der Waals surface area (Å²) in [6.45, 7) is 9.24. The third-order valence-corrected chi connectivity index (χ3v) is 12.9. The molecule has 1 saturated carbocycles. The van der Waals surface area contributed by atoms with Crippen LogP contribution in [-0.2, 0) is 38.1 Å². The monoisotopic (exact) mass is 843 g/mol. The van der Waals surface area contributed by atoms with Crippen LogP contribution in [0.4, 0.5) is 0 Å². The van der Waals surface area contributed by atoms with Crippen LogP contribution in [0.1, 0.15) is 131 Å². The number of esters is 1. The lowest BCUT2D eigenvalue weighted by molar-refractivity contribution is -0.208. The molecule has 3 rings (SSSR count). The number of piperidine rings is 1. The maximum Gasteiger partial charge on any atom is 0.329 e. The Labute approximate surface area is 358 Å². The zero-order valence-electron chi connectivity index (χ0n) is 37.5. The van der Waals surface area contributed by atoms with Gasteiger partial charge in [0.1, 0.15) is 12.1 Å². The Morgan fingerprint density at radius 3 is 2.25 bits per heavy atom. The molecule has 2 fully saturated rings. The van der Waals surface area contributed by atoms with Gasteiger partial charge < -0.3 is 39.2 Å². The van der Waals surface area contributed by atoms with Gasteiger partial charge >= 0.3 is 5.97 Å². The highest BCUT2D eigenvalue weighted by Gasteiger charge is 2.48. The summed E-state index contributed by atoms with van der Waals surface area (Å²) in [6.07, 6.45) is 12.6. The van der Waals surface area contributed by atoms with E-state index in [9.17, 15) is 34.5 Å². The zero-order valence-corrected chi connectivity index (χ0v) is 37.5. The van der Waals surface area contributed by atoms with Gasteiger partial charge in [0.2, 0.25) is 5.79 Å². The third kappa shape index (κ3) is 15.0. The highest BCUT2D eigenvalue weighted by molar-refractivity contribution is 6.39. The summed E-state index contributed by atoms with van der Waals surface area (Å²) in [5, 5.41) is 43.3. The molecule has 11 unspecified atom stereocenters. The van der Waals surface area contributed by atoms with Crippen molar-refractivity contribution in [2.24, 2.45) is 29.6 Å². The van der Waals surface area contributed by atoms with Crippen LogP contribution in [0.15, 0.2) is 35.5 Å². The molecule has 3 N–H and O–H groups in total. The molecule has 2 heterocycles. The Bertz CT molecular complexity index is 1550. The van der Waals surface area contributed by atoms with Gasteiger partial charge in [0.15, 0.2) is 5.78 Å². The number of carbonyl (C=O) groups is 4. The van der Waals surface area contributed by atoms with Crippen LogP contribution in [0.2, 0.25) is 0 Å². The number of carbonyl (C=O) groups excluding carboxylic acids is 4. The Balaban J connectivity index is 2.09. The Morgan fingerprint density at radius 2 is 1.58 bits per heavy atom. The van der Waals surface area contributed by atoms with Gasteiger partial charge in [-0.05, 0) is 113 Å². The number of aliphatic hydroxyl groups is 3. The molecule has 1 aliphatic carbocycles. The number of nitrogens with zero attached hydrogens (tertiary/aromatic N) is 2. The normalized spacial score (nSPS) is 34.1. The number of cyclic esters (lactones) is 1. The minimum Gasteiger partial charge on any atom is -0.456 e. The number of hydrogen-bond acceptors (Lipinski definition) is 12. The number of ether oxygens (including phenoxy) is 4. The summed E-state index contributed by atoms with van der Waals surface area (Å²) < 4.78 is 23.5. The highest BCUT2D eigenvalue weighted by atomic mass is 16.5. The number of aliphatic hydroxyl groups excluding tert-OH is 1. The topological polar surface area (TPSA) is 193 Å². The number of hydrogen-bond donors (Lipinski definition) is 3. The molecule has 0 bridgehead atoms. The van der Waals surface area contributed by atoms with E-state index >= 15 is 0 Å². The first-order valence-corrected chi connectivity index (χ1v) is 22.2. The molecule has 2 aliphatic heterocycles. The first-order chi connectivity index (χ1) is 28.5. The largest absolute Gasteiger partial charge is 0.456 e. The standard InChI is InChI=1S/C47H74N2O11/c1-30-22-31(2)24-38(58-7)28-39(59-8)26-33(4)47(55,56)44(52)45(53)49-21-14-12-19-40(49)46(54)60-43(32(3)25-35-16-15-18-37(27-35)57-6)34(5)41(50)29-42(51)36(23-30)17-11-9-10-13-20-48/h9,11,23,25,30-31,33-35,37-41,43,50,55-56H,10,12-19,21-22,24,26-29H2,1-8H3. The molecule has 0 aromatic heterocycles. The Morgan fingerprint density at radius 1 is 0.900 bits per heavy atom. The van der Waals surface area contributed by atoms with Crippen LogP contribution >= 0.6 is 0 Å². The molecule has 1 amide bonds. The first-order valence-electron chi connectivity index (χ1n) is 22.2. The number of unbranched alkanes of at least 4 members (excludes halogenated alkanes) is 1. The fraction of sp³-hybridized carbons (Fsp3) is 0.766. The molecular formula is C47H74N2O11. The van der Waals surface area contributed by atoms with E-state index < -0.39 is 59.6 Å². The second-order valence-corrected chi connectivity index (χ2v) is 17.9. The lowest BCUT2D eigenvalue weighted by Crippen LogP contribution is -2.58. The van der Waals surface area contributed by atoms with E-state index in [1.165, 1.54) is 14.0 Å². The molecule has 1 saturated heterocycles. The first kappa shape index (κ1) is 51.1. The van der Waals surface area contributed by atoms with E-state index in [2.05, 4.69) is 19.1 Å². The number of nitriles is 1. The molecule has 13 nitrogen and oxygen atoms in total. The van der Waals surface area contributed by atoms with Crippen molar-refractivity contribution in [1.82, 2.24) is 4.90 Å². The number of allylic oxidation sites excluding steroid dienone is 5. The van der Waals surface area contributed by atoms with E-state index in [1.807, 2.05) is 32.1 Å². The van der Waals surface area contributed by atoms with E-state index in [1.54, 1.807) is 21.1 Å². The number of amides is 1. The van der Waals surface area contributed by atoms with Crippen molar-refractivity contribution < 1.29 is 53.4 Å². The van der Waals surface area contributed by atoms with Crippen LogP contribution in [-0.4, -0.2) is 114 Å². The molecule has 0 aromatic rings. The molecular weight excluding hydrogens is 769 g/mol. The predicted molar refractivity (Wildman–Crippen MR) is 227 cm³/mol. The van der Waals surface area contributed by atoms with Gasteiger partial charge in [-0.3, -0.25) is 14.4 Å². The fourth-order valence-electron chi connectivity index (χ4n) is 9.24. The van der Waals surface area contributed by atoms with Gasteiger partial charge in [-0.2, -0.15) is 5.26 Å². The minimum absolute atomic E-state index is 0.0185. The van der Waals surface area contributed by atoms with E-state index in [0.29, 0.717) is 56.1 Å². The SMILES string of the molecule is COC1CCCC(C=C(C)C2OC(=O)C3CCCCN3C(=O)C(=O)C(O)(O)C(C)CC(OC)CC(OC)CC(C)CC(C)C=C(CC=CCCC#N)C(=O)CC(O)C2C)C1. The van der Waals surface area contributed by atoms with E-state index in [4.69, 9.17) is 24.2 Å². The number of Topliss-reactive ketones (excluding diaryl/α,β-unsaturated/α-hetero) is 2. The average Bonchev–Trinajstić information content (AvgIpc) is 3.22. The molecule has 60 heavy (non-hydrogen) atoms. The highest BCUT2D eigenvalue weighted by Crippen LogP contribution is 2.33. The summed E-state index contributed by atoms with van der Waals surface area (Å²) in [4.78, 5) is 57.1.